The fourth-order valence-electron chi connectivity index (χ4n) is 1.88. The second kappa shape index (κ2) is 5.41. The lowest BCUT2D eigenvalue weighted by atomic mass is 10.4. The van der Waals surface area contributed by atoms with Gasteiger partial charge in [-0.05, 0) is 24.3 Å². The molecule has 6 nitrogen and oxygen atoms in total. The van der Waals surface area contributed by atoms with E-state index in [2.05, 4.69) is 15.2 Å². The largest absolute Gasteiger partial charge is 0.336 e. The summed E-state index contributed by atoms with van der Waals surface area (Å²) >= 11 is 5.70. The van der Waals surface area contributed by atoms with E-state index < -0.39 is 7.37 Å². The van der Waals surface area contributed by atoms with Gasteiger partial charge in [-0.2, -0.15) is 0 Å². The first kappa shape index (κ1) is 13.9. The summed E-state index contributed by atoms with van der Waals surface area (Å²) in [5, 5.41) is 8.17. The molecule has 0 fully saturated rings. The van der Waals surface area contributed by atoms with Crippen LogP contribution in [0, 0.1) is 0 Å². The predicted molar refractivity (Wildman–Crippen MR) is 79.7 cm³/mol. The van der Waals surface area contributed by atoms with Crippen LogP contribution >= 0.6 is 19.0 Å². The Morgan fingerprint density at radius 3 is 2.52 bits per heavy atom. The lowest BCUT2D eigenvalue weighted by Gasteiger charge is -2.13. The van der Waals surface area contributed by atoms with Crippen molar-refractivity contribution in [1.82, 2.24) is 19.7 Å². The molecule has 0 aliphatic heterocycles. The molecule has 3 aromatic rings. The zero-order chi connectivity index (χ0) is 14.9. The van der Waals surface area contributed by atoms with E-state index in [1.807, 2.05) is 0 Å². The highest BCUT2D eigenvalue weighted by Gasteiger charge is 2.30. The molecule has 8 heteroatoms. The van der Waals surface area contributed by atoms with Crippen LogP contribution in [0.5, 0.6) is 0 Å². The van der Waals surface area contributed by atoms with E-state index in [0.29, 0.717) is 11.1 Å². The molecule has 0 aliphatic carbocycles. The van der Waals surface area contributed by atoms with Crippen molar-refractivity contribution in [3.05, 3.63) is 60.0 Å². The van der Waals surface area contributed by atoms with Gasteiger partial charge >= 0.3 is 0 Å². The molecule has 0 saturated carbocycles. The third-order valence-electron chi connectivity index (χ3n) is 2.86. The van der Waals surface area contributed by atoms with Crippen LogP contribution in [-0.2, 0) is 4.57 Å². The Bertz CT molecular complexity index is 805. The van der Waals surface area contributed by atoms with Gasteiger partial charge < -0.3 is 4.89 Å². The zero-order valence-corrected chi connectivity index (χ0v) is 12.3. The lowest BCUT2D eigenvalue weighted by molar-refractivity contribution is 0.498. The van der Waals surface area contributed by atoms with Gasteiger partial charge in [-0.15, -0.1) is 10.2 Å². The van der Waals surface area contributed by atoms with Gasteiger partial charge in [0.1, 0.15) is 0 Å². The van der Waals surface area contributed by atoms with E-state index in [1.165, 1.54) is 10.8 Å². The Kier molecular flexibility index (Phi) is 3.59. The van der Waals surface area contributed by atoms with Crippen molar-refractivity contribution in [2.24, 2.45) is 0 Å². The molecule has 21 heavy (non-hydrogen) atoms. The van der Waals surface area contributed by atoms with Gasteiger partial charge in [0.05, 0.1) is 0 Å². The molecule has 2 heterocycles. The molecule has 1 N–H and O–H groups in total. The fourth-order valence-corrected chi connectivity index (χ4v) is 3.47. The van der Waals surface area contributed by atoms with Crippen molar-refractivity contribution >= 4 is 29.8 Å². The smallest absolute Gasteiger partial charge is 0.293 e. The maximum atomic E-state index is 12.7. The average molecular weight is 321 g/mol. The number of imidazole rings is 1. The van der Waals surface area contributed by atoms with Crippen molar-refractivity contribution in [1.29, 1.82) is 0 Å². The first-order valence-electron chi connectivity index (χ1n) is 6.01. The van der Waals surface area contributed by atoms with Gasteiger partial charge in [0.15, 0.2) is 11.0 Å². The highest BCUT2D eigenvalue weighted by atomic mass is 35.5. The molecule has 0 bridgehead atoms. The molecule has 0 radical (unpaired) electrons. The third-order valence-corrected chi connectivity index (χ3v) is 4.94. The molecule has 0 aliphatic rings. The van der Waals surface area contributed by atoms with Crippen LogP contribution in [0.4, 0.5) is 0 Å². The van der Waals surface area contributed by atoms with Crippen LogP contribution < -0.4 is 10.9 Å². The molecule has 0 spiro atoms. The van der Waals surface area contributed by atoms with Crippen LogP contribution in [0.2, 0.25) is 5.15 Å². The van der Waals surface area contributed by atoms with Crippen LogP contribution in [0.3, 0.4) is 0 Å². The number of aromatic nitrogens is 4. The first-order chi connectivity index (χ1) is 10.1. The molecule has 2 aromatic heterocycles. The first-order valence-corrected chi connectivity index (χ1v) is 8.05. The SMILES string of the molecule is O=P(O)(c1ccccc1)c1nccn1-c1ccc(Cl)nn1. The second-order valence-corrected chi connectivity index (χ2v) is 6.68. The number of benzene rings is 1. The number of rotatable bonds is 3. The van der Waals surface area contributed by atoms with E-state index in [9.17, 15) is 9.46 Å². The number of nitrogens with zero attached hydrogens (tertiary/aromatic N) is 4. The Morgan fingerprint density at radius 2 is 1.86 bits per heavy atom. The molecule has 106 valence electrons. The highest BCUT2D eigenvalue weighted by Crippen LogP contribution is 2.37. The summed E-state index contributed by atoms with van der Waals surface area (Å²) in [6.07, 6.45) is 3.00. The predicted octanol–water partition coefficient (Wildman–Crippen LogP) is 1.54. The lowest BCUT2D eigenvalue weighted by Crippen LogP contribution is -2.24. The summed E-state index contributed by atoms with van der Waals surface area (Å²) in [5.74, 6) is 0.372. The van der Waals surface area contributed by atoms with E-state index >= 15 is 0 Å². The van der Waals surface area contributed by atoms with Gasteiger partial charge in [-0.1, -0.05) is 29.8 Å². The van der Waals surface area contributed by atoms with E-state index in [4.69, 9.17) is 11.6 Å². The van der Waals surface area contributed by atoms with Crippen LogP contribution in [0.25, 0.3) is 5.82 Å². The zero-order valence-electron chi connectivity index (χ0n) is 10.7. The minimum Gasteiger partial charge on any atom is -0.336 e. The van der Waals surface area contributed by atoms with Crippen LogP contribution in [-0.4, -0.2) is 24.6 Å². The molecule has 1 aromatic carbocycles. The second-order valence-electron chi connectivity index (χ2n) is 4.22. The summed E-state index contributed by atoms with van der Waals surface area (Å²) in [4.78, 5) is 14.5. The van der Waals surface area contributed by atoms with Gasteiger partial charge in [-0.25, -0.2) is 4.98 Å². The van der Waals surface area contributed by atoms with Crippen molar-refractivity contribution in [2.45, 2.75) is 0 Å². The molecule has 1 unspecified atom stereocenters. The maximum Gasteiger partial charge on any atom is 0.293 e. The normalized spacial score (nSPS) is 13.8. The Labute approximate surface area is 125 Å². The molecular formula is C13H10ClN4O2P. The average Bonchev–Trinajstić information content (AvgIpc) is 2.99. The number of halogens is 1. The summed E-state index contributed by atoms with van der Waals surface area (Å²) in [7, 11) is -3.81. The molecule has 1 atom stereocenters. The Balaban J connectivity index is 2.11. The van der Waals surface area contributed by atoms with Gasteiger partial charge in [0, 0.05) is 17.7 Å². The third kappa shape index (κ3) is 2.61. The molecule has 0 saturated heterocycles. The van der Waals surface area contributed by atoms with Gasteiger partial charge in [0.25, 0.3) is 7.37 Å². The molecule has 0 amide bonds. The van der Waals surface area contributed by atoms with Crippen LogP contribution in [0.15, 0.2) is 54.9 Å². The van der Waals surface area contributed by atoms with Gasteiger partial charge in [-0.3, -0.25) is 9.13 Å². The van der Waals surface area contributed by atoms with Crippen molar-refractivity contribution in [2.75, 3.05) is 0 Å². The summed E-state index contributed by atoms with van der Waals surface area (Å²) < 4.78 is 14.2. The van der Waals surface area contributed by atoms with Crippen molar-refractivity contribution < 1.29 is 9.46 Å². The molecular weight excluding hydrogens is 311 g/mol. The summed E-state index contributed by atoms with van der Waals surface area (Å²) in [6.45, 7) is 0. The topological polar surface area (TPSA) is 80.9 Å². The number of hydrogen-bond donors (Lipinski definition) is 1. The standard InChI is InChI=1S/C13H10ClN4O2P/c14-11-6-7-12(17-16-11)18-9-8-15-13(18)21(19,20)10-4-2-1-3-5-10/h1-9H,(H,19,20). The van der Waals surface area contributed by atoms with E-state index in [0.717, 1.165) is 0 Å². The van der Waals surface area contributed by atoms with E-state index in [1.54, 1.807) is 48.7 Å². The fraction of sp³-hybridized carbons (Fsp3) is 0. The van der Waals surface area contributed by atoms with E-state index in [-0.39, 0.29) is 10.7 Å². The number of hydrogen-bond acceptors (Lipinski definition) is 4. The van der Waals surface area contributed by atoms with Crippen LogP contribution in [0.1, 0.15) is 0 Å². The minimum atomic E-state index is -3.81. The van der Waals surface area contributed by atoms with Crippen molar-refractivity contribution in [3.8, 4) is 5.82 Å². The van der Waals surface area contributed by atoms with Gasteiger partial charge in [0.2, 0.25) is 5.57 Å². The minimum absolute atomic E-state index is 0.0188. The maximum absolute atomic E-state index is 12.7. The van der Waals surface area contributed by atoms with Crippen molar-refractivity contribution in [3.63, 3.8) is 0 Å². The quantitative estimate of drug-likeness (QED) is 0.740. The summed E-state index contributed by atoms with van der Waals surface area (Å²) in [5.41, 5.74) is 0.0188. The Morgan fingerprint density at radius 1 is 1.10 bits per heavy atom. The highest BCUT2D eigenvalue weighted by molar-refractivity contribution is 7.73. The summed E-state index contributed by atoms with van der Waals surface area (Å²) in [6, 6.07) is 11.5. The monoisotopic (exact) mass is 320 g/mol. The Hall–Kier alpha value is -2.01. The molecule has 3 rings (SSSR count).